The van der Waals surface area contributed by atoms with Crippen molar-refractivity contribution in [3.8, 4) is 5.75 Å². The third kappa shape index (κ3) is 5.60. The van der Waals surface area contributed by atoms with Crippen molar-refractivity contribution >= 4 is 17.7 Å². The Kier molecular flexibility index (Phi) is 6.52. The van der Waals surface area contributed by atoms with Crippen molar-refractivity contribution in [1.82, 2.24) is 15.1 Å². The maximum absolute atomic E-state index is 12.1. The lowest BCUT2D eigenvalue weighted by molar-refractivity contribution is -0.0492. The number of halogens is 1. The molecule has 1 amide bonds. The molecular formula is C17H26ClN3O5. The van der Waals surface area contributed by atoms with Gasteiger partial charge in [0.05, 0.1) is 24.9 Å². The van der Waals surface area contributed by atoms with Gasteiger partial charge in [0, 0.05) is 6.54 Å². The topological polar surface area (TPSA) is 93.8 Å². The summed E-state index contributed by atoms with van der Waals surface area (Å²) in [6.07, 6.45) is 1.02. The van der Waals surface area contributed by atoms with E-state index in [1.165, 1.54) is 6.20 Å². The zero-order valence-corrected chi connectivity index (χ0v) is 16.5. The molecule has 1 N–H and O–H groups in total. The zero-order valence-electron chi connectivity index (χ0n) is 15.7. The van der Waals surface area contributed by atoms with Crippen LogP contribution in [0.25, 0.3) is 0 Å². The van der Waals surface area contributed by atoms with E-state index in [1.54, 1.807) is 4.90 Å². The summed E-state index contributed by atoms with van der Waals surface area (Å²) in [6.45, 7) is 10.3. The lowest BCUT2D eigenvalue weighted by atomic mass is 10.2. The highest BCUT2D eigenvalue weighted by Gasteiger charge is 2.32. The molecular weight excluding hydrogens is 362 g/mol. The monoisotopic (exact) mass is 387 g/mol. The SMILES string of the molecule is CC(O[C@H]1CCN(C(=O)OC(C)(C)C)C1)[C@H](C)Oc1cn[nH]c(=O)c1Cl. The Bertz CT molecular complexity index is 688. The minimum Gasteiger partial charge on any atom is -0.485 e. The molecule has 9 heteroatoms. The average Bonchev–Trinajstić information content (AvgIpc) is 2.98. The standard InChI is InChI=1S/C17H26ClN3O5/c1-10(11(2)25-13-8-19-20-15(22)14(13)18)24-12-6-7-21(9-12)16(23)26-17(3,4)5/h8,10-12H,6-7,9H2,1-5H3,(H,20,22)/t10?,11-,12-/m0/s1. The molecule has 0 bridgehead atoms. The van der Waals surface area contributed by atoms with Crippen LogP contribution in [0.5, 0.6) is 5.75 Å². The Labute approximate surface area is 157 Å². The number of nitrogens with one attached hydrogen (secondary N) is 1. The number of ether oxygens (including phenoxy) is 3. The summed E-state index contributed by atoms with van der Waals surface area (Å²) in [5.74, 6) is 0.208. The van der Waals surface area contributed by atoms with E-state index in [0.717, 1.165) is 6.42 Å². The second-order valence-corrected chi connectivity index (χ2v) is 7.76. The van der Waals surface area contributed by atoms with Gasteiger partial charge < -0.3 is 19.1 Å². The summed E-state index contributed by atoms with van der Waals surface area (Å²) in [7, 11) is 0. The lowest BCUT2D eigenvalue weighted by Crippen LogP contribution is -2.37. The highest BCUT2D eigenvalue weighted by Crippen LogP contribution is 2.23. The number of likely N-dealkylation sites (tertiary alicyclic amines) is 1. The second kappa shape index (κ2) is 8.26. The largest absolute Gasteiger partial charge is 0.485 e. The fourth-order valence-electron chi connectivity index (χ4n) is 2.49. The van der Waals surface area contributed by atoms with E-state index < -0.39 is 11.2 Å². The van der Waals surface area contributed by atoms with Crippen LogP contribution in [0, 0.1) is 0 Å². The van der Waals surface area contributed by atoms with E-state index in [1.807, 2.05) is 34.6 Å². The number of carbonyl (C=O) groups is 1. The fourth-order valence-corrected chi connectivity index (χ4v) is 2.63. The van der Waals surface area contributed by atoms with E-state index in [2.05, 4.69) is 10.2 Å². The highest BCUT2D eigenvalue weighted by atomic mass is 35.5. The number of aromatic nitrogens is 2. The van der Waals surface area contributed by atoms with Crippen molar-refractivity contribution in [3.05, 3.63) is 21.6 Å². The molecule has 2 heterocycles. The van der Waals surface area contributed by atoms with Crippen LogP contribution >= 0.6 is 11.6 Å². The second-order valence-electron chi connectivity index (χ2n) is 7.38. The van der Waals surface area contributed by atoms with Gasteiger partial charge in [0.1, 0.15) is 11.7 Å². The molecule has 1 unspecified atom stereocenters. The summed E-state index contributed by atoms with van der Waals surface area (Å²) in [6, 6.07) is 0. The maximum Gasteiger partial charge on any atom is 0.410 e. The van der Waals surface area contributed by atoms with Gasteiger partial charge in [-0.1, -0.05) is 11.6 Å². The Morgan fingerprint density at radius 2 is 2.08 bits per heavy atom. The van der Waals surface area contributed by atoms with Crippen LogP contribution in [0.2, 0.25) is 5.02 Å². The van der Waals surface area contributed by atoms with E-state index >= 15 is 0 Å². The van der Waals surface area contributed by atoms with Crippen LogP contribution in [0.15, 0.2) is 11.0 Å². The van der Waals surface area contributed by atoms with Gasteiger partial charge in [0.25, 0.3) is 5.56 Å². The summed E-state index contributed by atoms with van der Waals surface area (Å²) in [4.78, 5) is 25.2. The number of amides is 1. The van der Waals surface area contributed by atoms with Gasteiger partial charge in [-0.05, 0) is 41.0 Å². The highest BCUT2D eigenvalue weighted by molar-refractivity contribution is 6.31. The molecule has 26 heavy (non-hydrogen) atoms. The molecule has 146 valence electrons. The summed E-state index contributed by atoms with van der Waals surface area (Å²) >= 11 is 5.91. The van der Waals surface area contributed by atoms with Crippen LogP contribution in [0.4, 0.5) is 4.79 Å². The molecule has 0 spiro atoms. The third-order valence-electron chi connectivity index (χ3n) is 3.94. The van der Waals surface area contributed by atoms with Crippen LogP contribution in [0.1, 0.15) is 41.0 Å². The number of H-pyrrole nitrogens is 1. The molecule has 1 aliphatic rings. The third-order valence-corrected chi connectivity index (χ3v) is 4.30. The number of nitrogens with zero attached hydrogens (tertiary/aromatic N) is 2. The van der Waals surface area contributed by atoms with Gasteiger partial charge >= 0.3 is 6.09 Å². The molecule has 1 aromatic rings. The Morgan fingerprint density at radius 1 is 1.38 bits per heavy atom. The van der Waals surface area contributed by atoms with Gasteiger partial charge in [0.2, 0.25) is 0 Å². The normalized spacial score (nSPS) is 19.9. The Balaban J connectivity index is 1.86. The first-order valence-corrected chi connectivity index (χ1v) is 8.98. The molecule has 1 fully saturated rings. The van der Waals surface area contributed by atoms with E-state index in [4.69, 9.17) is 25.8 Å². The quantitative estimate of drug-likeness (QED) is 0.834. The summed E-state index contributed by atoms with van der Waals surface area (Å²) < 4.78 is 17.1. The molecule has 0 radical (unpaired) electrons. The molecule has 1 aliphatic heterocycles. The number of aromatic amines is 1. The first-order chi connectivity index (χ1) is 12.1. The molecule has 0 aliphatic carbocycles. The van der Waals surface area contributed by atoms with Crippen LogP contribution in [-0.2, 0) is 9.47 Å². The van der Waals surface area contributed by atoms with Crippen LogP contribution in [-0.4, -0.2) is 58.2 Å². The maximum atomic E-state index is 12.1. The van der Waals surface area contributed by atoms with Crippen molar-refractivity contribution < 1.29 is 19.0 Å². The Morgan fingerprint density at radius 3 is 2.73 bits per heavy atom. The van der Waals surface area contributed by atoms with E-state index in [9.17, 15) is 9.59 Å². The average molecular weight is 388 g/mol. The van der Waals surface area contributed by atoms with E-state index in [-0.39, 0.29) is 35.2 Å². The first-order valence-electron chi connectivity index (χ1n) is 8.60. The number of hydrogen-bond acceptors (Lipinski definition) is 6. The van der Waals surface area contributed by atoms with Gasteiger partial charge in [0.15, 0.2) is 10.8 Å². The zero-order chi connectivity index (χ0) is 19.5. The van der Waals surface area contributed by atoms with Crippen molar-refractivity contribution in [2.45, 2.75) is 65.0 Å². The van der Waals surface area contributed by atoms with Gasteiger partial charge in [-0.25, -0.2) is 9.89 Å². The van der Waals surface area contributed by atoms with E-state index in [0.29, 0.717) is 13.1 Å². The molecule has 0 saturated carbocycles. The molecule has 3 atom stereocenters. The van der Waals surface area contributed by atoms with Crippen LogP contribution in [0.3, 0.4) is 0 Å². The van der Waals surface area contributed by atoms with Gasteiger partial charge in [-0.3, -0.25) is 4.79 Å². The number of carbonyl (C=O) groups excluding carboxylic acids is 1. The number of hydrogen-bond donors (Lipinski definition) is 1. The molecule has 2 rings (SSSR count). The van der Waals surface area contributed by atoms with Crippen molar-refractivity contribution in [1.29, 1.82) is 0 Å². The van der Waals surface area contributed by atoms with Gasteiger partial charge in [-0.15, -0.1) is 0 Å². The fraction of sp³-hybridized carbons (Fsp3) is 0.706. The van der Waals surface area contributed by atoms with Crippen molar-refractivity contribution in [2.75, 3.05) is 13.1 Å². The molecule has 8 nitrogen and oxygen atoms in total. The predicted molar refractivity (Wildman–Crippen MR) is 96.7 cm³/mol. The Hall–Kier alpha value is -1.80. The predicted octanol–water partition coefficient (Wildman–Crippen LogP) is 2.61. The lowest BCUT2D eigenvalue weighted by Gasteiger charge is -2.26. The number of rotatable bonds is 5. The minimum atomic E-state index is -0.521. The summed E-state index contributed by atoms with van der Waals surface area (Å²) in [5.41, 5.74) is -1.03. The molecule has 1 aromatic heterocycles. The summed E-state index contributed by atoms with van der Waals surface area (Å²) in [5, 5.41) is 5.86. The van der Waals surface area contributed by atoms with Gasteiger partial charge in [-0.2, -0.15) is 5.10 Å². The molecule has 0 aromatic carbocycles. The smallest absolute Gasteiger partial charge is 0.410 e. The minimum absolute atomic E-state index is 0.0454. The molecule has 1 saturated heterocycles. The van der Waals surface area contributed by atoms with Crippen molar-refractivity contribution in [3.63, 3.8) is 0 Å². The first kappa shape index (κ1) is 20.5. The van der Waals surface area contributed by atoms with Crippen LogP contribution < -0.4 is 10.3 Å². The van der Waals surface area contributed by atoms with Crippen molar-refractivity contribution in [2.24, 2.45) is 0 Å².